The summed E-state index contributed by atoms with van der Waals surface area (Å²) in [4.78, 5) is 35.8. The normalized spacial score (nSPS) is 21.3. The second-order valence-electron chi connectivity index (χ2n) is 19.1. The predicted octanol–water partition coefficient (Wildman–Crippen LogP) is 12.0. The van der Waals surface area contributed by atoms with Crippen molar-refractivity contribution in [1.29, 1.82) is 0 Å². The Balaban J connectivity index is 2.38. The SMILES string of the molecule is CCCCCCCCCCC/C=C/C/C=C/CCCC(=O)OC[C@H](COP(=O)(O)OC1C(O)C(O)C(O)[C@@H](O)C1O)OC(=O)CCCCCCCCCCCCCCCCCCCCCCC. The van der Waals surface area contributed by atoms with Crippen molar-refractivity contribution in [3.8, 4) is 0 Å². The molecular formula is C53H99O13P. The molecule has 0 aromatic heterocycles. The van der Waals surface area contributed by atoms with Crippen molar-refractivity contribution < 1.29 is 63.1 Å². The van der Waals surface area contributed by atoms with Gasteiger partial charge in [-0.05, 0) is 38.5 Å². The zero-order valence-corrected chi connectivity index (χ0v) is 43.1. The van der Waals surface area contributed by atoms with Crippen LogP contribution in [0.1, 0.15) is 245 Å². The highest BCUT2D eigenvalue weighted by atomic mass is 31.2. The Hall–Kier alpha value is -1.67. The van der Waals surface area contributed by atoms with Gasteiger partial charge in [0.25, 0.3) is 0 Å². The summed E-state index contributed by atoms with van der Waals surface area (Å²) >= 11 is 0. The van der Waals surface area contributed by atoms with Gasteiger partial charge in [-0.1, -0.05) is 218 Å². The van der Waals surface area contributed by atoms with Gasteiger partial charge < -0.3 is 39.9 Å². The van der Waals surface area contributed by atoms with Crippen molar-refractivity contribution in [3.05, 3.63) is 24.3 Å². The molecule has 1 rings (SSSR count). The maximum Gasteiger partial charge on any atom is 0.472 e. The quantitative estimate of drug-likeness (QED) is 0.0145. The van der Waals surface area contributed by atoms with Crippen LogP contribution in [0.5, 0.6) is 0 Å². The van der Waals surface area contributed by atoms with Gasteiger partial charge in [0.1, 0.15) is 43.2 Å². The highest BCUT2D eigenvalue weighted by Gasteiger charge is 2.51. The molecule has 0 spiro atoms. The number of aliphatic hydroxyl groups is 5. The first-order chi connectivity index (χ1) is 32.4. The third-order valence-corrected chi connectivity index (χ3v) is 13.8. The van der Waals surface area contributed by atoms with Crippen LogP contribution >= 0.6 is 7.82 Å². The van der Waals surface area contributed by atoms with Gasteiger partial charge in [-0.15, -0.1) is 0 Å². The van der Waals surface area contributed by atoms with Crippen LogP contribution in [0.2, 0.25) is 0 Å². The number of aliphatic hydroxyl groups excluding tert-OH is 5. The minimum absolute atomic E-state index is 0.0934. The number of hydrogen-bond acceptors (Lipinski definition) is 12. The second kappa shape index (κ2) is 43.1. The lowest BCUT2D eigenvalue weighted by atomic mass is 9.85. The number of hydrogen-bond donors (Lipinski definition) is 6. The highest BCUT2D eigenvalue weighted by molar-refractivity contribution is 7.47. The van der Waals surface area contributed by atoms with Crippen LogP contribution in [-0.2, 0) is 32.7 Å². The minimum atomic E-state index is -5.13. The molecule has 0 heterocycles. The van der Waals surface area contributed by atoms with Crippen molar-refractivity contribution >= 4 is 19.8 Å². The Labute approximate surface area is 406 Å². The zero-order valence-electron chi connectivity index (χ0n) is 42.2. The number of carbonyl (C=O) groups excluding carboxylic acids is 2. The van der Waals surface area contributed by atoms with Crippen molar-refractivity contribution in [2.24, 2.45) is 0 Å². The maximum absolute atomic E-state index is 12.9. The largest absolute Gasteiger partial charge is 0.472 e. The third kappa shape index (κ3) is 35.1. The van der Waals surface area contributed by atoms with Gasteiger partial charge in [0.15, 0.2) is 6.10 Å². The number of unbranched alkanes of at least 4 members (excludes halogenated alkanes) is 30. The summed E-state index contributed by atoms with van der Waals surface area (Å²) in [5.41, 5.74) is 0. The Bertz CT molecular complexity index is 1270. The van der Waals surface area contributed by atoms with Gasteiger partial charge in [-0.25, -0.2) is 4.57 Å². The smallest absolute Gasteiger partial charge is 0.462 e. The van der Waals surface area contributed by atoms with Gasteiger partial charge in [0, 0.05) is 12.8 Å². The Morgan fingerprint density at radius 2 is 0.821 bits per heavy atom. The maximum atomic E-state index is 12.9. The first-order valence-electron chi connectivity index (χ1n) is 27.1. The standard InChI is InChI=1S/C53H99O13P/c1-3-5-7-9-11-13-15-17-19-21-22-23-24-26-28-30-32-34-36-38-40-42-47(55)65-45(44-64-67(61,62)66-53-51(59)49(57)48(56)50(58)52(53)60)43-63-46(54)41-39-37-35-33-31-29-27-25-20-18-16-14-12-10-8-6-4-2/h27,29,33,35,45,48-53,56-60H,3-26,28,30-32,34,36-44H2,1-2H3,(H,61,62)/b29-27+,35-33+/t45-,48?,49-,50?,51?,52?,53?/m1/s1. The van der Waals surface area contributed by atoms with E-state index in [-0.39, 0.29) is 12.8 Å². The molecule has 0 bridgehead atoms. The molecule has 6 N–H and O–H groups in total. The van der Waals surface area contributed by atoms with E-state index in [1.807, 2.05) is 6.08 Å². The van der Waals surface area contributed by atoms with Crippen molar-refractivity contribution in [1.82, 2.24) is 0 Å². The number of carbonyl (C=O) groups is 2. The van der Waals surface area contributed by atoms with Crippen LogP contribution in [0.25, 0.3) is 0 Å². The monoisotopic (exact) mass is 975 g/mol. The number of esters is 2. The zero-order chi connectivity index (χ0) is 49.2. The molecular weight excluding hydrogens is 876 g/mol. The fourth-order valence-electron chi connectivity index (χ4n) is 8.45. The predicted molar refractivity (Wildman–Crippen MR) is 267 cm³/mol. The second-order valence-corrected chi connectivity index (χ2v) is 20.5. The van der Waals surface area contributed by atoms with E-state index in [2.05, 4.69) is 32.1 Å². The van der Waals surface area contributed by atoms with E-state index >= 15 is 0 Å². The van der Waals surface area contributed by atoms with Crippen LogP contribution in [0.3, 0.4) is 0 Å². The lowest BCUT2D eigenvalue weighted by molar-refractivity contribution is -0.220. The van der Waals surface area contributed by atoms with E-state index in [1.54, 1.807) is 0 Å². The van der Waals surface area contributed by atoms with E-state index in [1.165, 1.54) is 161 Å². The topological polar surface area (TPSA) is 210 Å². The van der Waals surface area contributed by atoms with Gasteiger partial charge in [0.2, 0.25) is 0 Å². The van der Waals surface area contributed by atoms with Crippen LogP contribution in [0, 0.1) is 0 Å². The lowest BCUT2D eigenvalue weighted by Gasteiger charge is -2.41. The van der Waals surface area contributed by atoms with E-state index in [9.17, 15) is 44.6 Å². The van der Waals surface area contributed by atoms with E-state index < -0.39 is 75.7 Å². The average molecular weight is 975 g/mol. The van der Waals surface area contributed by atoms with Gasteiger partial charge in [-0.2, -0.15) is 0 Å². The molecule has 0 aromatic rings. The van der Waals surface area contributed by atoms with Crippen molar-refractivity contribution in [3.63, 3.8) is 0 Å². The van der Waals surface area contributed by atoms with E-state index in [4.69, 9.17) is 18.5 Å². The van der Waals surface area contributed by atoms with Crippen LogP contribution in [0.4, 0.5) is 0 Å². The highest BCUT2D eigenvalue weighted by Crippen LogP contribution is 2.47. The summed E-state index contributed by atoms with van der Waals surface area (Å²) in [5.74, 6) is -1.14. The number of ether oxygens (including phenoxy) is 2. The molecule has 67 heavy (non-hydrogen) atoms. The summed E-state index contributed by atoms with van der Waals surface area (Å²) in [7, 11) is -5.13. The lowest BCUT2D eigenvalue weighted by Crippen LogP contribution is -2.64. The van der Waals surface area contributed by atoms with Crippen molar-refractivity contribution in [2.45, 2.75) is 288 Å². The van der Waals surface area contributed by atoms with Crippen LogP contribution < -0.4 is 0 Å². The molecule has 0 aromatic carbocycles. The molecule has 8 atom stereocenters. The van der Waals surface area contributed by atoms with Gasteiger partial charge >= 0.3 is 19.8 Å². The summed E-state index contributed by atoms with van der Waals surface area (Å²) in [6, 6.07) is 0. The minimum Gasteiger partial charge on any atom is -0.462 e. The number of phosphoric ester groups is 1. The average Bonchev–Trinajstić information content (AvgIpc) is 3.31. The van der Waals surface area contributed by atoms with E-state index in [0.717, 1.165) is 38.5 Å². The summed E-state index contributed by atoms with van der Waals surface area (Å²) in [6.07, 6.45) is 36.7. The fourth-order valence-corrected chi connectivity index (χ4v) is 9.42. The molecule has 1 fully saturated rings. The van der Waals surface area contributed by atoms with Gasteiger partial charge in [-0.3, -0.25) is 18.6 Å². The van der Waals surface area contributed by atoms with Gasteiger partial charge in [0.05, 0.1) is 6.61 Å². The molecule has 13 nitrogen and oxygen atoms in total. The van der Waals surface area contributed by atoms with E-state index in [0.29, 0.717) is 19.3 Å². The molecule has 1 saturated carbocycles. The molecule has 6 unspecified atom stereocenters. The molecule has 0 aliphatic heterocycles. The molecule has 0 radical (unpaired) electrons. The first kappa shape index (κ1) is 63.3. The Morgan fingerprint density at radius 3 is 1.25 bits per heavy atom. The fraction of sp³-hybridized carbons (Fsp3) is 0.887. The summed E-state index contributed by atoms with van der Waals surface area (Å²) in [5, 5.41) is 50.3. The van der Waals surface area contributed by atoms with Crippen LogP contribution in [-0.4, -0.2) is 98.3 Å². The number of rotatable bonds is 46. The Morgan fingerprint density at radius 1 is 0.463 bits per heavy atom. The first-order valence-corrected chi connectivity index (χ1v) is 28.6. The third-order valence-electron chi connectivity index (χ3n) is 12.8. The molecule has 0 amide bonds. The Kier molecular flexibility index (Phi) is 40.8. The molecule has 394 valence electrons. The molecule has 0 saturated heterocycles. The molecule has 14 heteroatoms. The molecule has 1 aliphatic carbocycles. The number of allylic oxidation sites excluding steroid dienone is 4. The summed E-state index contributed by atoms with van der Waals surface area (Å²) < 4.78 is 33.6. The molecule has 1 aliphatic rings. The number of phosphoric acid groups is 1. The summed E-state index contributed by atoms with van der Waals surface area (Å²) in [6.45, 7) is 3.31. The van der Waals surface area contributed by atoms with Crippen LogP contribution in [0.15, 0.2) is 24.3 Å². The van der Waals surface area contributed by atoms with Crippen molar-refractivity contribution in [2.75, 3.05) is 13.2 Å².